The molecule has 0 aromatic rings. The lowest BCUT2D eigenvalue weighted by Crippen LogP contribution is -2.28. The van der Waals surface area contributed by atoms with Crippen molar-refractivity contribution in [2.75, 3.05) is 27.3 Å². The second-order valence-corrected chi connectivity index (χ2v) is 3.59. The van der Waals surface area contributed by atoms with Crippen molar-refractivity contribution < 1.29 is 0 Å². The highest BCUT2D eigenvalue weighted by Crippen LogP contribution is 2.37. The van der Waals surface area contributed by atoms with Gasteiger partial charge in [-0.05, 0) is 39.4 Å². The average molecular weight is 154 g/mol. The number of hydrogen-bond donors (Lipinski definition) is 1. The van der Waals surface area contributed by atoms with Crippen LogP contribution in [0, 0.1) is 5.92 Å². The summed E-state index contributed by atoms with van der Waals surface area (Å²) in [4.78, 5) is 2.14. The van der Waals surface area contributed by atoms with Crippen LogP contribution in [-0.4, -0.2) is 32.2 Å². The SMILES string of the molecule is C=C1CC1CCNCN(C)C. The number of rotatable bonds is 5. The van der Waals surface area contributed by atoms with E-state index in [4.69, 9.17) is 0 Å². The van der Waals surface area contributed by atoms with Crippen LogP contribution in [0.1, 0.15) is 12.8 Å². The van der Waals surface area contributed by atoms with Gasteiger partial charge in [0.2, 0.25) is 0 Å². The number of nitrogens with one attached hydrogen (secondary N) is 1. The Morgan fingerprint density at radius 3 is 2.73 bits per heavy atom. The Bertz CT molecular complexity index is 140. The van der Waals surface area contributed by atoms with Gasteiger partial charge < -0.3 is 5.32 Å². The Balaban J connectivity index is 1.85. The molecule has 64 valence electrons. The second-order valence-electron chi connectivity index (χ2n) is 3.59. The number of hydrogen-bond acceptors (Lipinski definition) is 2. The minimum Gasteiger partial charge on any atom is -0.304 e. The molecule has 0 radical (unpaired) electrons. The van der Waals surface area contributed by atoms with Crippen molar-refractivity contribution in [1.82, 2.24) is 10.2 Å². The first-order valence-corrected chi connectivity index (χ1v) is 4.23. The van der Waals surface area contributed by atoms with E-state index in [0.29, 0.717) is 0 Å². The molecule has 1 aliphatic carbocycles. The lowest BCUT2D eigenvalue weighted by atomic mass is 10.3. The maximum atomic E-state index is 3.92. The summed E-state index contributed by atoms with van der Waals surface area (Å²) in [6.45, 7) is 6.04. The summed E-state index contributed by atoms with van der Waals surface area (Å²) in [6.07, 6.45) is 2.54. The molecule has 1 fully saturated rings. The van der Waals surface area contributed by atoms with Crippen LogP contribution >= 0.6 is 0 Å². The predicted octanol–water partition coefficient (Wildman–Crippen LogP) is 1.06. The van der Waals surface area contributed by atoms with E-state index in [1.165, 1.54) is 18.4 Å². The molecular formula is C9H18N2. The third-order valence-electron chi connectivity index (χ3n) is 2.02. The van der Waals surface area contributed by atoms with Crippen LogP contribution in [0.4, 0.5) is 0 Å². The molecule has 11 heavy (non-hydrogen) atoms. The zero-order valence-electron chi connectivity index (χ0n) is 7.56. The maximum Gasteiger partial charge on any atom is 0.0474 e. The first kappa shape index (κ1) is 8.75. The average Bonchev–Trinajstić information content (AvgIpc) is 2.59. The standard InChI is InChI=1S/C9H18N2/c1-8-6-9(8)4-5-10-7-11(2)3/h9-10H,1,4-7H2,2-3H3. The fraction of sp³-hybridized carbons (Fsp3) is 0.778. The van der Waals surface area contributed by atoms with Gasteiger partial charge in [0.05, 0.1) is 0 Å². The van der Waals surface area contributed by atoms with Crippen molar-refractivity contribution in [1.29, 1.82) is 0 Å². The molecule has 1 rings (SSSR count). The summed E-state index contributed by atoms with van der Waals surface area (Å²) in [5.41, 5.74) is 1.44. The molecule has 0 heterocycles. The molecule has 0 saturated heterocycles. The first-order valence-electron chi connectivity index (χ1n) is 4.23. The molecule has 0 bridgehead atoms. The highest BCUT2D eigenvalue weighted by atomic mass is 15.2. The van der Waals surface area contributed by atoms with Crippen LogP contribution in [0.5, 0.6) is 0 Å². The van der Waals surface area contributed by atoms with E-state index in [1.54, 1.807) is 0 Å². The molecule has 2 heteroatoms. The van der Waals surface area contributed by atoms with Gasteiger partial charge in [-0.3, -0.25) is 4.90 Å². The third-order valence-corrected chi connectivity index (χ3v) is 2.02. The second kappa shape index (κ2) is 3.88. The van der Waals surface area contributed by atoms with Crippen molar-refractivity contribution in [2.24, 2.45) is 5.92 Å². The lowest BCUT2D eigenvalue weighted by molar-refractivity contribution is 0.366. The summed E-state index contributed by atoms with van der Waals surface area (Å²) in [7, 11) is 4.14. The summed E-state index contributed by atoms with van der Waals surface area (Å²) < 4.78 is 0. The fourth-order valence-corrected chi connectivity index (χ4v) is 1.14. The predicted molar refractivity (Wildman–Crippen MR) is 48.4 cm³/mol. The minimum absolute atomic E-state index is 0.838. The smallest absolute Gasteiger partial charge is 0.0474 e. The summed E-state index contributed by atoms with van der Waals surface area (Å²) in [5, 5.41) is 3.36. The summed E-state index contributed by atoms with van der Waals surface area (Å²) in [5.74, 6) is 0.838. The van der Waals surface area contributed by atoms with E-state index in [-0.39, 0.29) is 0 Å². The lowest BCUT2D eigenvalue weighted by Gasteiger charge is -2.10. The van der Waals surface area contributed by atoms with Gasteiger partial charge in [-0.15, -0.1) is 0 Å². The van der Waals surface area contributed by atoms with Crippen LogP contribution < -0.4 is 5.32 Å². The zero-order chi connectivity index (χ0) is 8.27. The summed E-state index contributed by atoms with van der Waals surface area (Å²) in [6, 6.07) is 0. The van der Waals surface area contributed by atoms with E-state index in [1.807, 2.05) is 0 Å². The van der Waals surface area contributed by atoms with Crippen LogP contribution in [-0.2, 0) is 0 Å². The van der Waals surface area contributed by atoms with E-state index in [9.17, 15) is 0 Å². The van der Waals surface area contributed by atoms with Crippen molar-refractivity contribution in [3.8, 4) is 0 Å². The highest BCUT2D eigenvalue weighted by molar-refractivity contribution is 5.18. The van der Waals surface area contributed by atoms with Gasteiger partial charge in [0.15, 0.2) is 0 Å². The number of allylic oxidation sites excluding steroid dienone is 1. The van der Waals surface area contributed by atoms with Gasteiger partial charge in [0.1, 0.15) is 0 Å². The van der Waals surface area contributed by atoms with Crippen molar-refractivity contribution in [2.45, 2.75) is 12.8 Å². The quantitative estimate of drug-likeness (QED) is 0.362. The van der Waals surface area contributed by atoms with Gasteiger partial charge in [-0.1, -0.05) is 12.2 Å². The zero-order valence-corrected chi connectivity index (χ0v) is 7.56. The molecule has 0 aromatic carbocycles. The number of nitrogens with zero attached hydrogens (tertiary/aromatic N) is 1. The van der Waals surface area contributed by atoms with Crippen LogP contribution in [0.15, 0.2) is 12.2 Å². The molecule has 1 saturated carbocycles. The fourth-order valence-electron chi connectivity index (χ4n) is 1.14. The highest BCUT2D eigenvalue weighted by Gasteiger charge is 2.25. The van der Waals surface area contributed by atoms with E-state index in [2.05, 4.69) is 30.9 Å². The molecule has 0 amide bonds. The molecule has 1 atom stereocenters. The van der Waals surface area contributed by atoms with Crippen LogP contribution in [0.3, 0.4) is 0 Å². The molecule has 0 aliphatic heterocycles. The van der Waals surface area contributed by atoms with E-state index >= 15 is 0 Å². The largest absolute Gasteiger partial charge is 0.304 e. The Kier molecular flexibility index (Phi) is 3.09. The monoisotopic (exact) mass is 154 g/mol. The van der Waals surface area contributed by atoms with E-state index in [0.717, 1.165) is 19.1 Å². The molecule has 1 N–H and O–H groups in total. The normalized spacial score (nSPS) is 22.8. The summed E-state index contributed by atoms with van der Waals surface area (Å²) >= 11 is 0. The topological polar surface area (TPSA) is 15.3 Å². The Hall–Kier alpha value is -0.340. The molecule has 0 spiro atoms. The molecule has 2 nitrogen and oxygen atoms in total. The molecular weight excluding hydrogens is 136 g/mol. The van der Waals surface area contributed by atoms with Gasteiger partial charge in [0, 0.05) is 6.67 Å². The van der Waals surface area contributed by atoms with Crippen molar-refractivity contribution in [3.63, 3.8) is 0 Å². The van der Waals surface area contributed by atoms with Crippen molar-refractivity contribution >= 4 is 0 Å². The molecule has 1 unspecified atom stereocenters. The van der Waals surface area contributed by atoms with E-state index < -0.39 is 0 Å². The van der Waals surface area contributed by atoms with Gasteiger partial charge in [-0.25, -0.2) is 0 Å². The van der Waals surface area contributed by atoms with Crippen LogP contribution in [0.25, 0.3) is 0 Å². The van der Waals surface area contributed by atoms with Gasteiger partial charge in [-0.2, -0.15) is 0 Å². The minimum atomic E-state index is 0.838. The molecule has 1 aliphatic rings. The van der Waals surface area contributed by atoms with Gasteiger partial charge in [0.25, 0.3) is 0 Å². The Morgan fingerprint density at radius 2 is 2.27 bits per heavy atom. The molecule has 0 aromatic heterocycles. The first-order chi connectivity index (χ1) is 5.20. The Morgan fingerprint density at radius 1 is 1.64 bits per heavy atom. The maximum absolute atomic E-state index is 3.92. The van der Waals surface area contributed by atoms with Gasteiger partial charge >= 0.3 is 0 Å². The third kappa shape index (κ3) is 3.54. The Labute approximate surface area is 69.3 Å². The van der Waals surface area contributed by atoms with Crippen molar-refractivity contribution in [3.05, 3.63) is 12.2 Å². The van der Waals surface area contributed by atoms with Crippen LogP contribution in [0.2, 0.25) is 0 Å².